The van der Waals surface area contributed by atoms with Crippen molar-refractivity contribution in [1.82, 2.24) is 20.8 Å². The first-order chi connectivity index (χ1) is 8.33. The van der Waals surface area contributed by atoms with E-state index in [1.165, 1.54) is 0 Å². The number of nitrogens with one attached hydrogen (secondary N) is 3. The second-order valence-electron chi connectivity index (χ2n) is 4.14. The minimum Gasteiger partial charge on any atom is -0.479 e. The lowest BCUT2D eigenvalue weighted by molar-refractivity contribution is -0.155. The maximum absolute atomic E-state index is 11.4. The van der Waals surface area contributed by atoms with Gasteiger partial charge in [0, 0.05) is 17.8 Å². The highest BCUT2D eigenvalue weighted by Crippen LogP contribution is 2.02. The standard InChI is InChI=1S/C10H16N4O4/c1-6-7(4-13-14-6)3-11-9(17)12-5-10(2,18)8(15)16/h4,18H,3,5H2,1-2H3,(H,13,14)(H,15,16)(H2,11,12,17). The van der Waals surface area contributed by atoms with Crippen molar-refractivity contribution < 1.29 is 19.8 Å². The molecule has 18 heavy (non-hydrogen) atoms. The van der Waals surface area contributed by atoms with Gasteiger partial charge in [-0.2, -0.15) is 5.10 Å². The van der Waals surface area contributed by atoms with Crippen LogP contribution in [0.5, 0.6) is 0 Å². The first kappa shape index (κ1) is 14.0. The van der Waals surface area contributed by atoms with Crippen LogP contribution in [0.15, 0.2) is 6.20 Å². The first-order valence-electron chi connectivity index (χ1n) is 5.29. The van der Waals surface area contributed by atoms with Crippen molar-refractivity contribution in [2.45, 2.75) is 26.0 Å². The van der Waals surface area contributed by atoms with Crippen LogP contribution in [-0.4, -0.2) is 44.6 Å². The number of hydrogen-bond acceptors (Lipinski definition) is 4. The second-order valence-corrected chi connectivity index (χ2v) is 4.14. The van der Waals surface area contributed by atoms with Crippen LogP contribution in [0.3, 0.4) is 0 Å². The van der Waals surface area contributed by atoms with Gasteiger partial charge in [0.15, 0.2) is 5.60 Å². The highest BCUT2D eigenvalue weighted by molar-refractivity contribution is 5.79. The van der Waals surface area contributed by atoms with Gasteiger partial charge in [0.2, 0.25) is 0 Å². The molecule has 1 aromatic heterocycles. The van der Waals surface area contributed by atoms with Gasteiger partial charge in [-0.05, 0) is 13.8 Å². The fourth-order valence-electron chi connectivity index (χ4n) is 1.12. The Balaban J connectivity index is 2.35. The fraction of sp³-hybridized carbons (Fsp3) is 0.500. The number of H-pyrrole nitrogens is 1. The summed E-state index contributed by atoms with van der Waals surface area (Å²) in [6.45, 7) is 2.81. The smallest absolute Gasteiger partial charge is 0.337 e. The molecule has 2 amide bonds. The number of urea groups is 1. The van der Waals surface area contributed by atoms with Gasteiger partial charge in [0.25, 0.3) is 0 Å². The van der Waals surface area contributed by atoms with E-state index in [4.69, 9.17) is 5.11 Å². The molecule has 1 heterocycles. The Bertz CT molecular complexity index is 441. The summed E-state index contributed by atoms with van der Waals surface area (Å²) < 4.78 is 0. The summed E-state index contributed by atoms with van der Waals surface area (Å²) in [6.07, 6.45) is 1.59. The molecule has 0 aliphatic heterocycles. The molecule has 8 heteroatoms. The van der Waals surface area contributed by atoms with E-state index < -0.39 is 17.6 Å². The lowest BCUT2D eigenvalue weighted by atomic mass is 10.1. The van der Waals surface area contributed by atoms with Crippen molar-refractivity contribution in [2.24, 2.45) is 0 Å². The molecule has 0 bridgehead atoms. The summed E-state index contributed by atoms with van der Waals surface area (Å²) in [6, 6.07) is -0.558. The molecular weight excluding hydrogens is 240 g/mol. The van der Waals surface area contributed by atoms with Crippen molar-refractivity contribution in [3.63, 3.8) is 0 Å². The molecule has 1 aromatic rings. The molecule has 0 saturated carbocycles. The van der Waals surface area contributed by atoms with E-state index in [0.29, 0.717) is 0 Å². The molecule has 8 nitrogen and oxygen atoms in total. The summed E-state index contributed by atoms with van der Waals surface area (Å²) in [5, 5.41) is 29.3. The molecule has 100 valence electrons. The van der Waals surface area contributed by atoms with E-state index in [2.05, 4.69) is 20.8 Å². The number of amides is 2. The van der Waals surface area contributed by atoms with Crippen LogP contribution in [-0.2, 0) is 11.3 Å². The van der Waals surface area contributed by atoms with Crippen molar-refractivity contribution in [2.75, 3.05) is 6.54 Å². The van der Waals surface area contributed by atoms with Gasteiger partial charge in [0.05, 0.1) is 12.7 Å². The van der Waals surface area contributed by atoms with Crippen LogP contribution in [0.2, 0.25) is 0 Å². The quantitative estimate of drug-likeness (QED) is 0.478. The second kappa shape index (κ2) is 5.50. The highest BCUT2D eigenvalue weighted by Gasteiger charge is 2.30. The van der Waals surface area contributed by atoms with Crippen molar-refractivity contribution in [3.05, 3.63) is 17.5 Å². The van der Waals surface area contributed by atoms with Gasteiger partial charge >= 0.3 is 12.0 Å². The lowest BCUT2D eigenvalue weighted by Gasteiger charge is -2.18. The first-order valence-corrected chi connectivity index (χ1v) is 5.29. The molecule has 0 fully saturated rings. The number of aryl methyl sites for hydroxylation is 1. The molecule has 0 saturated heterocycles. The molecule has 0 aromatic carbocycles. The van der Waals surface area contributed by atoms with Crippen molar-refractivity contribution >= 4 is 12.0 Å². The number of carbonyl (C=O) groups is 2. The average Bonchev–Trinajstić information content (AvgIpc) is 2.69. The van der Waals surface area contributed by atoms with Crippen LogP contribution >= 0.6 is 0 Å². The normalized spacial score (nSPS) is 13.7. The Hall–Kier alpha value is -2.09. The summed E-state index contributed by atoms with van der Waals surface area (Å²) in [5.74, 6) is -1.39. The predicted octanol–water partition coefficient (Wildman–Crippen LogP) is -0.647. The third-order valence-electron chi connectivity index (χ3n) is 2.43. The van der Waals surface area contributed by atoms with Gasteiger partial charge in [0.1, 0.15) is 0 Å². The largest absolute Gasteiger partial charge is 0.479 e. The van der Waals surface area contributed by atoms with Gasteiger partial charge in [-0.1, -0.05) is 0 Å². The number of nitrogens with zero attached hydrogens (tertiary/aromatic N) is 1. The number of carboxylic acids is 1. The van der Waals surface area contributed by atoms with E-state index in [9.17, 15) is 14.7 Å². The summed E-state index contributed by atoms with van der Waals surface area (Å²) in [7, 11) is 0. The summed E-state index contributed by atoms with van der Waals surface area (Å²) in [5.41, 5.74) is -0.314. The SMILES string of the molecule is Cc1[nH]ncc1CNC(=O)NCC(C)(O)C(=O)O. The maximum atomic E-state index is 11.4. The predicted molar refractivity (Wildman–Crippen MR) is 61.8 cm³/mol. The zero-order valence-corrected chi connectivity index (χ0v) is 10.1. The van der Waals surface area contributed by atoms with Crippen LogP contribution in [0.1, 0.15) is 18.2 Å². The molecule has 0 spiro atoms. The Morgan fingerprint density at radius 3 is 2.67 bits per heavy atom. The molecule has 1 unspecified atom stereocenters. The molecule has 0 aliphatic carbocycles. The van der Waals surface area contributed by atoms with E-state index in [0.717, 1.165) is 18.2 Å². The fourth-order valence-corrected chi connectivity index (χ4v) is 1.12. The molecule has 0 aliphatic rings. The van der Waals surface area contributed by atoms with Crippen LogP contribution in [0, 0.1) is 6.92 Å². The number of aromatic nitrogens is 2. The number of aliphatic carboxylic acids is 1. The average molecular weight is 256 g/mol. The number of rotatable bonds is 5. The van der Waals surface area contributed by atoms with E-state index >= 15 is 0 Å². The maximum Gasteiger partial charge on any atom is 0.337 e. The monoisotopic (exact) mass is 256 g/mol. The minimum atomic E-state index is -1.98. The van der Waals surface area contributed by atoms with Gasteiger partial charge in [-0.15, -0.1) is 0 Å². The summed E-state index contributed by atoms with van der Waals surface area (Å²) >= 11 is 0. The Morgan fingerprint density at radius 1 is 1.50 bits per heavy atom. The molecular formula is C10H16N4O4. The van der Waals surface area contributed by atoms with Crippen LogP contribution in [0.4, 0.5) is 4.79 Å². The number of aromatic amines is 1. The topological polar surface area (TPSA) is 127 Å². The number of aliphatic hydroxyl groups is 1. The van der Waals surface area contributed by atoms with E-state index in [1.807, 2.05) is 6.92 Å². The molecule has 0 radical (unpaired) electrons. The van der Waals surface area contributed by atoms with Gasteiger partial charge in [-0.3, -0.25) is 5.10 Å². The molecule has 1 rings (SSSR count). The third-order valence-corrected chi connectivity index (χ3v) is 2.43. The summed E-state index contributed by atoms with van der Waals surface area (Å²) in [4.78, 5) is 22.0. The Labute approximate surface area is 103 Å². The third kappa shape index (κ3) is 3.74. The Morgan fingerprint density at radius 2 is 2.17 bits per heavy atom. The number of carboxylic acid groups (broad SMARTS) is 1. The van der Waals surface area contributed by atoms with Gasteiger partial charge in [-0.25, -0.2) is 9.59 Å². The number of hydrogen-bond donors (Lipinski definition) is 5. The number of carbonyl (C=O) groups excluding carboxylic acids is 1. The molecule has 1 atom stereocenters. The van der Waals surface area contributed by atoms with Crippen molar-refractivity contribution in [3.8, 4) is 0 Å². The van der Waals surface area contributed by atoms with Crippen molar-refractivity contribution in [1.29, 1.82) is 0 Å². The van der Waals surface area contributed by atoms with Crippen LogP contribution < -0.4 is 10.6 Å². The Kier molecular flexibility index (Phi) is 4.27. The lowest BCUT2D eigenvalue weighted by Crippen LogP contribution is -2.49. The van der Waals surface area contributed by atoms with E-state index in [-0.39, 0.29) is 13.1 Å². The van der Waals surface area contributed by atoms with E-state index in [1.54, 1.807) is 6.20 Å². The zero-order chi connectivity index (χ0) is 13.8. The highest BCUT2D eigenvalue weighted by atomic mass is 16.4. The minimum absolute atomic E-state index is 0.267. The van der Waals surface area contributed by atoms with Gasteiger partial charge < -0.3 is 20.8 Å². The molecule has 5 N–H and O–H groups in total. The van der Waals surface area contributed by atoms with Crippen LogP contribution in [0.25, 0.3) is 0 Å². The zero-order valence-electron chi connectivity index (χ0n) is 10.1.